The number of rotatable bonds is 4. The molecule has 1 saturated heterocycles. The molecule has 1 aliphatic rings. The van der Waals surface area contributed by atoms with Gasteiger partial charge in [-0.25, -0.2) is 4.79 Å². The number of benzene rings is 1. The molecular weight excluding hydrogens is 378 g/mol. The fourth-order valence-electron chi connectivity index (χ4n) is 4.17. The summed E-state index contributed by atoms with van der Waals surface area (Å²) >= 11 is 0. The van der Waals surface area contributed by atoms with Gasteiger partial charge in [-0.3, -0.25) is 9.78 Å². The summed E-state index contributed by atoms with van der Waals surface area (Å²) in [6.07, 6.45) is 1.83. The molecule has 0 bridgehead atoms. The molecule has 1 aliphatic heterocycles. The molecule has 2 amide bonds. The third-order valence-electron chi connectivity index (χ3n) is 5.70. The quantitative estimate of drug-likeness (QED) is 0.754. The van der Waals surface area contributed by atoms with E-state index in [0.717, 1.165) is 47.1 Å². The van der Waals surface area contributed by atoms with Crippen LogP contribution in [-0.2, 0) is 16.0 Å². The van der Waals surface area contributed by atoms with Gasteiger partial charge in [0.1, 0.15) is 5.60 Å². The summed E-state index contributed by atoms with van der Waals surface area (Å²) in [4.78, 5) is 33.7. The number of aryl methyl sites for hydroxylation is 2. The van der Waals surface area contributed by atoms with Gasteiger partial charge in [0, 0.05) is 37.3 Å². The largest absolute Gasteiger partial charge is 0.444 e. The monoisotopic (exact) mass is 411 g/mol. The van der Waals surface area contributed by atoms with Crippen molar-refractivity contribution in [1.82, 2.24) is 14.8 Å². The van der Waals surface area contributed by atoms with Gasteiger partial charge in [-0.2, -0.15) is 0 Å². The molecule has 162 valence electrons. The van der Waals surface area contributed by atoms with E-state index in [4.69, 9.17) is 9.72 Å². The number of carbonyl (C=O) groups excluding carboxylic acids is 2. The van der Waals surface area contributed by atoms with Crippen LogP contribution in [0.4, 0.5) is 4.79 Å². The fraction of sp³-hybridized carbons (Fsp3) is 0.542. The fourth-order valence-corrected chi connectivity index (χ4v) is 4.17. The second kappa shape index (κ2) is 8.62. The summed E-state index contributed by atoms with van der Waals surface area (Å²) in [6.45, 7) is 10.8. The van der Waals surface area contributed by atoms with Crippen molar-refractivity contribution in [3.05, 3.63) is 41.1 Å². The second-order valence-electron chi connectivity index (χ2n) is 9.24. The number of ether oxygens (including phenoxy) is 1. The second-order valence-corrected chi connectivity index (χ2v) is 9.24. The van der Waals surface area contributed by atoms with Gasteiger partial charge >= 0.3 is 6.09 Å². The molecule has 2 aromatic rings. The van der Waals surface area contributed by atoms with Crippen LogP contribution in [0, 0.1) is 13.8 Å². The highest BCUT2D eigenvalue weighted by atomic mass is 16.6. The number of amides is 2. The third-order valence-corrected chi connectivity index (χ3v) is 5.70. The van der Waals surface area contributed by atoms with E-state index in [-0.39, 0.29) is 18.0 Å². The summed E-state index contributed by atoms with van der Waals surface area (Å²) in [5, 5.41) is 1.09. The molecule has 1 atom stereocenters. The smallest absolute Gasteiger partial charge is 0.410 e. The third kappa shape index (κ3) is 4.91. The molecule has 6 nitrogen and oxygen atoms in total. The zero-order valence-electron chi connectivity index (χ0n) is 19.0. The summed E-state index contributed by atoms with van der Waals surface area (Å²) < 4.78 is 5.45. The van der Waals surface area contributed by atoms with E-state index in [1.165, 1.54) is 0 Å². The van der Waals surface area contributed by atoms with Crippen molar-refractivity contribution in [2.75, 3.05) is 20.1 Å². The van der Waals surface area contributed by atoms with Gasteiger partial charge in [0.05, 0.1) is 11.9 Å². The number of nitrogens with zero attached hydrogens (tertiary/aromatic N) is 3. The number of likely N-dealkylation sites (tertiary alicyclic amines) is 1. The number of hydrogen-bond acceptors (Lipinski definition) is 4. The van der Waals surface area contributed by atoms with Crippen LogP contribution in [0.3, 0.4) is 0 Å². The first kappa shape index (κ1) is 22.1. The lowest BCUT2D eigenvalue weighted by Crippen LogP contribution is -2.45. The van der Waals surface area contributed by atoms with E-state index in [1.807, 2.05) is 50.8 Å². The average Bonchev–Trinajstić information content (AvgIpc) is 3.11. The van der Waals surface area contributed by atoms with Crippen molar-refractivity contribution in [1.29, 1.82) is 0 Å². The van der Waals surface area contributed by atoms with Crippen molar-refractivity contribution < 1.29 is 14.3 Å². The number of carbonyl (C=O) groups is 2. The van der Waals surface area contributed by atoms with Gasteiger partial charge in [-0.1, -0.05) is 18.2 Å². The van der Waals surface area contributed by atoms with Gasteiger partial charge in [0.25, 0.3) is 0 Å². The SMILES string of the molecule is Cc1nc2ccccc2c(C)c1CC(=O)N1CCCC1CN(C)C(=O)OC(C)(C)C. The van der Waals surface area contributed by atoms with Crippen LogP contribution < -0.4 is 0 Å². The highest BCUT2D eigenvalue weighted by Gasteiger charge is 2.32. The maximum absolute atomic E-state index is 13.2. The van der Waals surface area contributed by atoms with Crippen LogP contribution in [0.1, 0.15) is 50.4 Å². The molecule has 1 aromatic carbocycles. The zero-order chi connectivity index (χ0) is 22.1. The zero-order valence-corrected chi connectivity index (χ0v) is 19.0. The Morgan fingerprint density at radius 2 is 1.93 bits per heavy atom. The molecule has 1 unspecified atom stereocenters. The lowest BCUT2D eigenvalue weighted by molar-refractivity contribution is -0.131. The minimum absolute atomic E-state index is 0.0176. The molecule has 0 N–H and O–H groups in total. The lowest BCUT2D eigenvalue weighted by atomic mass is 9.99. The number of pyridine rings is 1. The standard InChI is InChI=1S/C24H33N3O3/c1-16-19-11-7-8-12-21(19)25-17(2)20(16)14-22(28)27-13-9-10-18(27)15-26(6)23(29)30-24(3,4)5/h7-8,11-12,18H,9-10,13-15H2,1-6H3. The van der Waals surface area contributed by atoms with Crippen molar-refractivity contribution in [2.24, 2.45) is 0 Å². The minimum atomic E-state index is -0.533. The minimum Gasteiger partial charge on any atom is -0.444 e. The number of fused-ring (bicyclic) bond motifs is 1. The lowest BCUT2D eigenvalue weighted by Gasteiger charge is -2.30. The summed E-state index contributed by atoms with van der Waals surface area (Å²) in [5.41, 5.74) is 3.45. The van der Waals surface area contributed by atoms with Crippen molar-refractivity contribution in [3.63, 3.8) is 0 Å². The number of aromatic nitrogens is 1. The van der Waals surface area contributed by atoms with E-state index in [2.05, 4.69) is 13.0 Å². The molecule has 1 aromatic heterocycles. The van der Waals surface area contributed by atoms with Crippen LogP contribution in [0.25, 0.3) is 10.9 Å². The molecule has 0 aliphatic carbocycles. The first-order valence-electron chi connectivity index (χ1n) is 10.6. The van der Waals surface area contributed by atoms with E-state index in [1.54, 1.807) is 11.9 Å². The van der Waals surface area contributed by atoms with Crippen LogP contribution in [-0.4, -0.2) is 58.6 Å². The maximum atomic E-state index is 13.2. The van der Waals surface area contributed by atoms with E-state index in [0.29, 0.717) is 13.0 Å². The maximum Gasteiger partial charge on any atom is 0.410 e. The molecule has 2 heterocycles. The highest BCUT2D eigenvalue weighted by Crippen LogP contribution is 2.25. The van der Waals surface area contributed by atoms with Gasteiger partial charge in [-0.05, 0) is 64.7 Å². The number of para-hydroxylation sites is 1. The van der Waals surface area contributed by atoms with Crippen molar-refractivity contribution in [2.45, 2.75) is 65.5 Å². The Morgan fingerprint density at radius 3 is 2.63 bits per heavy atom. The first-order chi connectivity index (χ1) is 14.1. The Labute approximate surface area is 179 Å². The molecule has 0 radical (unpaired) electrons. The van der Waals surface area contributed by atoms with Gasteiger partial charge < -0.3 is 14.5 Å². The van der Waals surface area contributed by atoms with Crippen molar-refractivity contribution in [3.8, 4) is 0 Å². The highest BCUT2D eigenvalue weighted by molar-refractivity contribution is 5.86. The van der Waals surface area contributed by atoms with Crippen LogP contribution in [0.2, 0.25) is 0 Å². The number of hydrogen-bond donors (Lipinski definition) is 0. The van der Waals surface area contributed by atoms with E-state index in [9.17, 15) is 9.59 Å². The van der Waals surface area contributed by atoms with Gasteiger partial charge in [0.2, 0.25) is 5.91 Å². The molecule has 3 rings (SSSR count). The first-order valence-corrected chi connectivity index (χ1v) is 10.6. The molecule has 0 spiro atoms. The Hall–Kier alpha value is -2.63. The van der Waals surface area contributed by atoms with Crippen molar-refractivity contribution >= 4 is 22.9 Å². The average molecular weight is 412 g/mol. The Morgan fingerprint density at radius 1 is 1.23 bits per heavy atom. The molecule has 0 saturated carbocycles. The van der Waals surface area contributed by atoms with Crippen LogP contribution in [0.15, 0.2) is 24.3 Å². The van der Waals surface area contributed by atoms with Gasteiger partial charge in [0.15, 0.2) is 0 Å². The summed E-state index contributed by atoms with van der Waals surface area (Å²) in [7, 11) is 1.73. The normalized spacial score (nSPS) is 16.7. The predicted octanol–water partition coefficient (Wildman–Crippen LogP) is 4.25. The molecule has 30 heavy (non-hydrogen) atoms. The summed E-state index contributed by atoms with van der Waals surface area (Å²) in [5.74, 6) is 0.0957. The topological polar surface area (TPSA) is 62.7 Å². The van der Waals surface area contributed by atoms with Crippen LogP contribution >= 0.6 is 0 Å². The molecule has 6 heteroatoms. The van der Waals surface area contributed by atoms with E-state index >= 15 is 0 Å². The Kier molecular flexibility index (Phi) is 6.34. The Balaban J connectivity index is 1.72. The van der Waals surface area contributed by atoms with Gasteiger partial charge in [-0.15, -0.1) is 0 Å². The number of likely N-dealkylation sites (N-methyl/N-ethyl adjacent to an activating group) is 1. The molecular formula is C24H33N3O3. The molecule has 1 fully saturated rings. The van der Waals surface area contributed by atoms with Crippen LogP contribution in [0.5, 0.6) is 0 Å². The Bertz CT molecular complexity index is 949. The predicted molar refractivity (Wildman–Crippen MR) is 119 cm³/mol. The summed E-state index contributed by atoms with van der Waals surface area (Å²) in [6, 6.07) is 8.06. The van der Waals surface area contributed by atoms with E-state index < -0.39 is 5.60 Å².